The minimum atomic E-state index is -0.792. The molecule has 0 aliphatic carbocycles. The highest BCUT2D eigenvalue weighted by atomic mass is 35.5. The largest absolute Gasteiger partial charge is 0.457 e. The Labute approximate surface area is 171 Å². The van der Waals surface area contributed by atoms with Crippen LogP contribution in [0, 0.1) is 6.92 Å². The smallest absolute Gasteiger partial charge is 0.335 e. The molecular weight excluding hydrogens is 392 g/mol. The number of imide groups is 2. The SMILES string of the molecule is Cc1ccc(N2C(=O)NC(=O)/C(=C\c3ccc(-c4cccc(Cl)c4)o3)C2=O)cc1. The first-order chi connectivity index (χ1) is 13.9. The molecule has 1 N–H and O–H groups in total. The first-order valence-electron chi connectivity index (χ1n) is 8.76. The summed E-state index contributed by atoms with van der Waals surface area (Å²) in [6.45, 7) is 1.89. The van der Waals surface area contributed by atoms with Crippen LogP contribution in [-0.2, 0) is 9.59 Å². The number of halogens is 1. The standard InChI is InChI=1S/C22H15ClN2O4/c1-13-5-7-16(8-6-13)25-21(27)18(20(26)24-22(25)28)12-17-9-10-19(29-17)14-3-2-4-15(23)11-14/h2-12H,1H3,(H,24,26,28)/b18-12+. The summed E-state index contributed by atoms with van der Waals surface area (Å²) in [7, 11) is 0. The van der Waals surface area contributed by atoms with Gasteiger partial charge in [-0.1, -0.05) is 41.4 Å². The summed E-state index contributed by atoms with van der Waals surface area (Å²) < 4.78 is 5.74. The molecule has 2 heterocycles. The van der Waals surface area contributed by atoms with Gasteiger partial charge in [-0.15, -0.1) is 0 Å². The number of benzene rings is 2. The highest BCUT2D eigenvalue weighted by Crippen LogP contribution is 2.27. The van der Waals surface area contributed by atoms with Gasteiger partial charge in [-0.05, 0) is 49.4 Å². The molecular formula is C22H15ClN2O4. The average Bonchev–Trinajstić information content (AvgIpc) is 3.15. The highest BCUT2D eigenvalue weighted by Gasteiger charge is 2.37. The maximum atomic E-state index is 12.9. The third kappa shape index (κ3) is 3.70. The highest BCUT2D eigenvalue weighted by molar-refractivity contribution is 6.39. The zero-order valence-electron chi connectivity index (χ0n) is 15.3. The average molecular weight is 407 g/mol. The van der Waals surface area contributed by atoms with Crippen LogP contribution in [-0.4, -0.2) is 17.8 Å². The zero-order valence-corrected chi connectivity index (χ0v) is 16.1. The van der Waals surface area contributed by atoms with Gasteiger partial charge in [-0.3, -0.25) is 14.9 Å². The van der Waals surface area contributed by atoms with Crippen LogP contribution in [0.5, 0.6) is 0 Å². The number of aryl methyl sites for hydroxylation is 1. The third-order valence-electron chi connectivity index (χ3n) is 4.42. The van der Waals surface area contributed by atoms with Crippen LogP contribution in [0.25, 0.3) is 17.4 Å². The lowest BCUT2D eigenvalue weighted by Gasteiger charge is -2.26. The van der Waals surface area contributed by atoms with Crippen LogP contribution >= 0.6 is 11.6 Å². The number of nitrogens with zero attached hydrogens (tertiary/aromatic N) is 1. The van der Waals surface area contributed by atoms with Crippen molar-refractivity contribution in [3.63, 3.8) is 0 Å². The Morgan fingerprint density at radius 2 is 1.76 bits per heavy atom. The van der Waals surface area contributed by atoms with Crippen molar-refractivity contribution in [1.29, 1.82) is 0 Å². The molecule has 1 saturated heterocycles. The van der Waals surface area contributed by atoms with Gasteiger partial charge in [0.1, 0.15) is 17.1 Å². The predicted octanol–water partition coefficient (Wildman–Crippen LogP) is 4.57. The monoisotopic (exact) mass is 406 g/mol. The molecule has 1 aliphatic rings. The lowest BCUT2D eigenvalue weighted by atomic mass is 10.1. The summed E-state index contributed by atoms with van der Waals surface area (Å²) in [5, 5.41) is 2.75. The van der Waals surface area contributed by atoms with Crippen molar-refractivity contribution < 1.29 is 18.8 Å². The molecule has 4 rings (SSSR count). The minimum Gasteiger partial charge on any atom is -0.457 e. The molecule has 0 spiro atoms. The van der Waals surface area contributed by atoms with Crippen molar-refractivity contribution in [2.24, 2.45) is 0 Å². The third-order valence-corrected chi connectivity index (χ3v) is 4.65. The minimum absolute atomic E-state index is 0.197. The number of carbonyl (C=O) groups excluding carboxylic acids is 3. The Bertz CT molecular complexity index is 1160. The van der Waals surface area contributed by atoms with Crippen LogP contribution < -0.4 is 10.2 Å². The number of rotatable bonds is 3. The van der Waals surface area contributed by atoms with E-state index in [2.05, 4.69) is 5.32 Å². The van der Waals surface area contributed by atoms with E-state index in [-0.39, 0.29) is 5.57 Å². The van der Waals surface area contributed by atoms with Gasteiger partial charge in [0.15, 0.2) is 0 Å². The summed E-state index contributed by atoms with van der Waals surface area (Å²) in [5.41, 5.74) is 1.92. The summed E-state index contributed by atoms with van der Waals surface area (Å²) in [6, 6.07) is 16.5. The van der Waals surface area contributed by atoms with E-state index in [9.17, 15) is 14.4 Å². The first-order valence-corrected chi connectivity index (χ1v) is 9.14. The molecule has 7 heteroatoms. The zero-order chi connectivity index (χ0) is 20.5. The topological polar surface area (TPSA) is 79.6 Å². The van der Waals surface area contributed by atoms with E-state index < -0.39 is 17.8 Å². The molecule has 6 nitrogen and oxygen atoms in total. The Kier molecular flexibility index (Phi) is 4.78. The number of nitrogens with one attached hydrogen (secondary N) is 1. The van der Waals surface area contributed by atoms with E-state index in [0.717, 1.165) is 16.0 Å². The van der Waals surface area contributed by atoms with Gasteiger partial charge in [-0.25, -0.2) is 9.69 Å². The van der Waals surface area contributed by atoms with Crippen LogP contribution in [0.3, 0.4) is 0 Å². The summed E-state index contributed by atoms with van der Waals surface area (Å²) in [6.07, 6.45) is 1.32. The Morgan fingerprint density at radius 1 is 1.00 bits per heavy atom. The van der Waals surface area contributed by atoms with Crippen LogP contribution in [0.15, 0.2) is 70.7 Å². The van der Waals surface area contributed by atoms with Gasteiger partial charge in [0.25, 0.3) is 11.8 Å². The molecule has 144 valence electrons. The Morgan fingerprint density at radius 3 is 2.48 bits per heavy atom. The maximum absolute atomic E-state index is 12.9. The molecule has 0 radical (unpaired) electrons. The van der Waals surface area contributed by atoms with Crippen molar-refractivity contribution in [3.05, 3.63) is 82.6 Å². The molecule has 3 aromatic rings. The maximum Gasteiger partial charge on any atom is 0.335 e. The summed E-state index contributed by atoms with van der Waals surface area (Å²) >= 11 is 6.00. The molecule has 0 atom stereocenters. The Hall–Kier alpha value is -3.64. The number of amides is 4. The van der Waals surface area contributed by atoms with E-state index >= 15 is 0 Å². The second-order valence-electron chi connectivity index (χ2n) is 6.51. The van der Waals surface area contributed by atoms with Crippen LogP contribution in [0.1, 0.15) is 11.3 Å². The predicted molar refractivity (Wildman–Crippen MR) is 109 cm³/mol. The first kappa shape index (κ1) is 18.7. The van der Waals surface area contributed by atoms with Gasteiger partial charge in [0.05, 0.1) is 5.69 Å². The van der Waals surface area contributed by atoms with Gasteiger partial charge >= 0.3 is 6.03 Å². The Balaban J connectivity index is 1.67. The van der Waals surface area contributed by atoms with E-state index in [1.54, 1.807) is 54.6 Å². The molecule has 0 unspecified atom stereocenters. The number of anilines is 1. The number of barbiturate groups is 1. The van der Waals surface area contributed by atoms with Crippen LogP contribution in [0.2, 0.25) is 5.02 Å². The van der Waals surface area contributed by atoms with Gasteiger partial charge in [0, 0.05) is 10.6 Å². The van der Waals surface area contributed by atoms with Gasteiger partial charge < -0.3 is 4.42 Å². The quantitative estimate of drug-likeness (QED) is 0.510. The second kappa shape index (κ2) is 7.41. The van der Waals surface area contributed by atoms with Crippen LogP contribution in [0.4, 0.5) is 10.5 Å². The van der Waals surface area contributed by atoms with Crippen molar-refractivity contribution in [3.8, 4) is 11.3 Å². The van der Waals surface area contributed by atoms with E-state index in [1.165, 1.54) is 6.08 Å². The molecule has 1 aromatic heterocycles. The molecule has 0 saturated carbocycles. The van der Waals surface area contributed by atoms with E-state index in [0.29, 0.717) is 22.2 Å². The fourth-order valence-corrected chi connectivity index (χ4v) is 3.15. The van der Waals surface area contributed by atoms with Crippen molar-refractivity contribution in [1.82, 2.24) is 5.32 Å². The molecule has 0 bridgehead atoms. The molecule has 29 heavy (non-hydrogen) atoms. The van der Waals surface area contributed by atoms with Crippen molar-refractivity contribution >= 4 is 41.2 Å². The fraction of sp³-hybridized carbons (Fsp3) is 0.0455. The second-order valence-corrected chi connectivity index (χ2v) is 6.94. The number of carbonyl (C=O) groups is 3. The van der Waals surface area contributed by atoms with E-state index in [4.69, 9.17) is 16.0 Å². The lowest BCUT2D eigenvalue weighted by Crippen LogP contribution is -2.54. The van der Waals surface area contributed by atoms with Crippen molar-refractivity contribution in [2.45, 2.75) is 6.92 Å². The molecule has 2 aromatic carbocycles. The lowest BCUT2D eigenvalue weighted by molar-refractivity contribution is -0.122. The normalized spacial score (nSPS) is 15.7. The number of furan rings is 1. The van der Waals surface area contributed by atoms with Gasteiger partial charge in [0.2, 0.25) is 0 Å². The molecule has 1 aliphatic heterocycles. The summed E-state index contributed by atoms with van der Waals surface area (Å²) in [5.74, 6) is -0.654. The number of urea groups is 1. The molecule has 4 amide bonds. The van der Waals surface area contributed by atoms with Gasteiger partial charge in [-0.2, -0.15) is 0 Å². The number of hydrogen-bond donors (Lipinski definition) is 1. The van der Waals surface area contributed by atoms with E-state index in [1.807, 2.05) is 13.0 Å². The number of hydrogen-bond acceptors (Lipinski definition) is 4. The fourth-order valence-electron chi connectivity index (χ4n) is 2.96. The molecule has 1 fully saturated rings. The summed E-state index contributed by atoms with van der Waals surface area (Å²) in [4.78, 5) is 38.3. The van der Waals surface area contributed by atoms with Crippen molar-refractivity contribution in [2.75, 3.05) is 4.90 Å².